The van der Waals surface area contributed by atoms with Crippen LogP contribution in [0.25, 0.3) is 10.9 Å². The molecule has 0 saturated heterocycles. The minimum absolute atomic E-state index is 0.0249. The number of carbonyl (C=O) groups excluding carboxylic acids is 1. The molecule has 19 heavy (non-hydrogen) atoms. The summed E-state index contributed by atoms with van der Waals surface area (Å²) in [6.07, 6.45) is 0. The topological polar surface area (TPSA) is 78.1 Å². The predicted octanol–water partition coefficient (Wildman–Crippen LogP) is 0.101. The first-order valence-corrected chi connectivity index (χ1v) is 5.97. The number of aromatic nitrogens is 2. The summed E-state index contributed by atoms with van der Waals surface area (Å²) in [5, 5.41) is 3.52. The summed E-state index contributed by atoms with van der Waals surface area (Å²) < 4.78 is 0. The lowest BCUT2D eigenvalue weighted by molar-refractivity contribution is -0.127. The third kappa shape index (κ3) is 3.17. The van der Waals surface area contributed by atoms with E-state index < -0.39 is 0 Å². The van der Waals surface area contributed by atoms with E-state index in [-0.39, 0.29) is 18.0 Å². The van der Waals surface area contributed by atoms with Gasteiger partial charge >= 0.3 is 0 Å². The van der Waals surface area contributed by atoms with Crippen molar-refractivity contribution in [2.24, 2.45) is 0 Å². The molecule has 0 saturated carbocycles. The molecule has 6 nitrogen and oxygen atoms in total. The van der Waals surface area contributed by atoms with Gasteiger partial charge in [0, 0.05) is 14.1 Å². The van der Waals surface area contributed by atoms with Gasteiger partial charge in [0.2, 0.25) is 5.91 Å². The van der Waals surface area contributed by atoms with Gasteiger partial charge in [-0.05, 0) is 12.1 Å². The van der Waals surface area contributed by atoms with Gasteiger partial charge in [0.05, 0.1) is 24.0 Å². The van der Waals surface area contributed by atoms with E-state index in [2.05, 4.69) is 15.3 Å². The van der Waals surface area contributed by atoms with Crippen LogP contribution in [0.1, 0.15) is 5.82 Å². The molecule has 0 aliphatic carbocycles. The van der Waals surface area contributed by atoms with Crippen LogP contribution < -0.4 is 10.9 Å². The molecule has 2 rings (SSSR count). The Balaban J connectivity index is 2.10. The van der Waals surface area contributed by atoms with Crippen molar-refractivity contribution >= 4 is 16.8 Å². The number of likely N-dealkylation sites (N-methyl/N-ethyl adjacent to an activating group) is 1. The Morgan fingerprint density at radius 3 is 2.84 bits per heavy atom. The van der Waals surface area contributed by atoms with Crippen LogP contribution >= 0.6 is 0 Å². The Labute approximate surface area is 110 Å². The summed E-state index contributed by atoms with van der Waals surface area (Å²) in [5.41, 5.74) is 0.489. The number of H-pyrrole nitrogens is 1. The number of benzene rings is 1. The maximum atomic E-state index is 11.8. The van der Waals surface area contributed by atoms with Gasteiger partial charge in [-0.3, -0.25) is 9.59 Å². The molecular formula is C13H16N4O2. The summed E-state index contributed by atoms with van der Waals surface area (Å²) in [6, 6.07) is 7.15. The quantitative estimate of drug-likeness (QED) is 0.817. The van der Waals surface area contributed by atoms with Crippen molar-refractivity contribution in [1.82, 2.24) is 20.2 Å². The Kier molecular flexibility index (Phi) is 3.91. The van der Waals surface area contributed by atoms with Gasteiger partial charge in [0.1, 0.15) is 5.82 Å². The summed E-state index contributed by atoms with van der Waals surface area (Å²) in [4.78, 5) is 31.7. The Hall–Kier alpha value is -2.21. The highest BCUT2D eigenvalue weighted by Crippen LogP contribution is 2.05. The average Bonchev–Trinajstić information content (AvgIpc) is 2.38. The second kappa shape index (κ2) is 5.62. The molecule has 1 aromatic heterocycles. The van der Waals surface area contributed by atoms with Crippen molar-refractivity contribution in [3.05, 3.63) is 40.4 Å². The first-order chi connectivity index (χ1) is 9.08. The first-order valence-electron chi connectivity index (χ1n) is 5.97. The van der Waals surface area contributed by atoms with Crippen molar-refractivity contribution in [3.63, 3.8) is 0 Å². The van der Waals surface area contributed by atoms with E-state index >= 15 is 0 Å². The molecule has 0 aliphatic rings. The van der Waals surface area contributed by atoms with Crippen LogP contribution in [0, 0.1) is 0 Å². The standard InChI is InChI=1S/C13H16N4O2/c1-17(2)12(18)8-14-7-11-15-10-6-4-3-5-9(10)13(19)16-11/h3-6,14H,7-8H2,1-2H3,(H,15,16,19). The lowest BCUT2D eigenvalue weighted by Crippen LogP contribution is -2.33. The van der Waals surface area contributed by atoms with Crippen molar-refractivity contribution in [1.29, 1.82) is 0 Å². The van der Waals surface area contributed by atoms with Crippen LogP contribution in [0.2, 0.25) is 0 Å². The zero-order chi connectivity index (χ0) is 13.8. The second-order valence-electron chi connectivity index (χ2n) is 4.42. The fourth-order valence-electron chi connectivity index (χ4n) is 1.66. The minimum Gasteiger partial charge on any atom is -0.348 e. The van der Waals surface area contributed by atoms with Crippen LogP contribution in [0.4, 0.5) is 0 Å². The number of nitrogens with zero attached hydrogens (tertiary/aromatic N) is 2. The molecule has 0 bridgehead atoms. The zero-order valence-electron chi connectivity index (χ0n) is 10.9. The number of carbonyl (C=O) groups is 1. The van der Waals surface area contributed by atoms with E-state index in [0.717, 1.165) is 0 Å². The van der Waals surface area contributed by atoms with E-state index in [1.54, 1.807) is 32.3 Å². The molecule has 100 valence electrons. The predicted molar refractivity (Wildman–Crippen MR) is 72.8 cm³/mol. The molecule has 0 spiro atoms. The van der Waals surface area contributed by atoms with Crippen molar-refractivity contribution in [2.45, 2.75) is 6.54 Å². The number of hydrogen-bond donors (Lipinski definition) is 2. The van der Waals surface area contributed by atoms with Crippen molar-refractivity contribution in [3.8, 4) is 0 Å². The van der Waals surface area contributed by atoms with E-state index in [4.69, 9.17) is 0 Å². The molecule has 6 heteroatoms. The highest BCUT2D eigenvalue weighted by molar-refractivity contribution is 5.78. The number of fused-ring (bicyclic) bond motifs is 1. The molecule has 1 aromatic carbocycles. The van der Waals surface area contributed by atoms with Crippen molar-refractivity contribution in [2.75, 3.05) is 20.6 Å². The van der Waals surface area contributed by atoms with Crippen LogP contribution in [0.3, 0.4) is 0 Å². The van der Waals surface area contributed by atoms with Gasteiger partial charge < -0.3 is 15.2 Å². The monoisotopic (exact) mass is 260 g/mol. The van der Waals surface area contributed by atoms with Crippen LogP contribution in [-0.2, 0) is 11.3 Å². The molecule has 0 unspecified atom stereocenters. The SMILES string of the molecule is CN(C)C(=O)CNCc1nc2ccccc2c(=O)[nH]1. The molecule has 0 radical (unpaired) electrons. The van der Waals surface area contributed by atoms with Crippen molar-refractivity contribution < 1.29 is 4.79 Å². The first kappa shape index (κ1) is 13.2. The molecule has 0 atom stereocenters. The van der Waals surface area contributed by atoms with Gasteiger partial charge in [0.25, 0.3) is 5.56 Å². The van der Waals surface area contributed by atoms with Crippen LogP contribution in [0.5, 0.6) is 0 Å². The number of hydrogen-bond acceptors (Lipinski definition) is 4. The fourth-order valence-corrected chi connectivity index (χ4v) is 1.66. The van der Waals surface area contributed by atoms with E-state index in [1.807, 2.05) is 6.07 Å². The fraction of sp³-hybridized carbons (Fsp3) is 0.308. The number of rotatable bonds is 4. The van der Waals surface area contributed by atoms with Gasteiger partial charge in [-0.1, -0.05) is 12.1 Å². The lowest BCUT2D eigenvalue weighted by atomic mass is 10.2. The van der Waals surface area contributed by atoms with Crippen LogP contribution in [0.15, 0.2) is 29.1 Å². The minimum atomic E-state index is -0.165. The number of nitrogens with one attached hydrogen (secondary N) is 2. The average molecular weight is 260 g/mol. The molecule has 2 aromatic rings. The Bertz CT molecular complexity index is 648. The number of aromatic amines is 1. The molecular weight excluding hydrogens is 244 g/mol. The third-order valence-corrected chi connectivity index (χ3v) is 2.73. The van der Waals surface area contributed by atoms with Gasteiger partial charge in [-0.15, -0.1) is 0 Å². The molecule has 1 amide bonds. The molecule has 2 N–H and O–H groups in total. The van der Waals surface area contributed by atoms with Gasteiger partial charge in [-0.2, -0.15) is 0 Å². The number of para-hydroxylation sites is 1. The normalized spacial score (nSPS) is 10.6. The molecule has 1 heterocycles. The summed E-state index contributed by atoms with van der Waals surface area (Å²) in [5.74, 6) is 0.499. The smallest absolute Gasteiger partial charge is 0.258 e. The van der Waals surface area contributed by atoms with E-state index in [9.17, 15) is 9.59 Å². The molecule has 0 fully saturated rings. The van der Waals surface area contributed by atoms with E-state index in [0.29, 0.717) is 23.3 Å². The number of amides is 1. The molecule has 0 aliphatic heterocycles. The lowest BCUT2D eigenvalue weighted by Gasteiger charge is -2.10. The third-order valence-electron chi connectivity index (χ3n) is 2.73. The highest BCUT2D eigenvalue weighted by Gasteiger charge is 2.05. The Morgan fingerprint density at radius 1 is 1.37 bits per heavy atom. The highest BCUT2D eigenvalue weighted by atomic mass is 16.2. The summed E-state index contributed by atoms with van der Waals surface area (Å²) in [6.45, 7) is 0.559. The van der Waals surface area contributed by atoms with E-state index in [1.165, 1.54) is 4.90 Å². The summed E-state index contributed by atoms with van der Waals surface area (Å²) >= 11 is 0. The summed E-state index contributed by atoms with van der Waals surface area (Å²) in [7, 11) is 3.39. The van der Waals surface area contributed by atoms with Crippen LogP contribution in [-0.4, -0.2) is 41.4 Å². The van der Waals surface area contributed by atoms with Gasteiger partial charge in [0.15, 0.2) is 0 Å². The largest absolute Gasteiger partial charge is 0.348 e. The maximum absolute atomic E-state index is 11.8. The Morgan fingerprint density at radius 2 is 2.11 bits per heavy atom. The van der Waals surface area contributed by atoms with Gasteiger partial charge in [-0.25, -0.2) is 4.98 Å². The second-order valence-corrected chi connectivity index (χ2v) is 4.42. The maximum Gasteiger partial charge on any atom is 0.258 e. The zero-order valence-corrected chi connectivity index (χ0v) is 10.9.